The van der Waals surface area contributed by atoms with Gasteiger partial charge in [0.2, 0.25) is 11.8 Å². The highest BCUT2D eigenvalue weighted by Crippen LogP contribution is 2.30. The van der Waals surface area contributed by atoms with E-state index < -0.39 is 11.9 Å². The van der Waals surface area contributed by atoms with Gasteiger partial charge in [0.25, 0.3) is 5.91 Å². The van der Waals surface area contributed by atoms with Gasteiger partial charge in [-0.1, -0.05) is 12.8 Å². The average molecular weight is 518 g/mol. The van der Waals surface area contributed by atoms with Crippen molar-refractivity contribution in [2.45, 2.75) is 57.7 Å². The molecular formula is C27H31N7O4. The molecule has 5 rings (SSSR count). The molecule has 1 aromatic carbocycles. The maximum Gasteiger partial charge on any atom is 0.255 e. The molecule has 1 saturated heterocycles. The summed E-state index contributed by atoms with van der Waals surface area (Å²) in [6, 6.07) is 4.85. The topological polar surface area (TPSA) is 131 Å². The van der Waals surface area contributed by atoms with Crippen molar-refractivity contribution >= 4 is 17.7 Å². The molecule has 0 spiro atoms. The van der Waals surface area contributed by atoms with E-state index in [1.807, 2.05) is 18.5 Å². The van der Waals surface area contributed by atoms with Gasteiger partial charge in [-0.25, -0.2) is 9.67 Å². The fraction of sp³-hybridized carbons (Fsp3) is 0.407. The van der Waals surface area contributed by atoms with Crippen molar-refractivity contribution in [1.82, 2.24) is 35.3 Å². The fourth-order valence-corrected chi connectivity index (χ4v) is 4.76. The molecule has 11 nitrogen and oxygen atoms in total. The van der Waals surface area contributed by atoms with Gasteiger partial charge < -0.3 is 15.0 Å². The Balaban J connectivity index is 0.965. The Morgan fingerprint density at radius 1 is 1.08 bits per heavy atom. The second-order valence-corrected chi connectivity index (χ2v) is 9.52. The van der Waals surface area contributed by atoms with E-state index in [1.54, 1.807) is 40.3 Å². The Kier molecular flexibility index (Phi) is 8.03. The summed E-state index contributed by atoms with van der Waals surface area (Å²) < 4.78 is 7.64. The molecule has 2 aliphatic heterocycles. The number of hydrogen-bond acceptors (Lipinski definition) is 8. The van der Waals surface area contributed by atoms with Crippen molar-refractivity contribution in [1.29, 1.82) is 0 Å². The van der Waals surface area contributed by atoms with E-state index in [2.05, 4.69) is 25.7 Å². The molecule has 11 heteroatoms. The van der Waals surface area contributed by atoms with Gasteiger partial charge in [0.15, 0.2) is 5.82 Å². The van der Waals surface area contributed by atoms with Gasteiger partial charge in [0, 0.05) is 49.2 Å². The lowest BCUT2D eigenvalue weighted by atomic mass is 10.0. The Morgan fingerprint density at radius 2 is 1.97 bits per heavy atom. The second kappa shape index (κ2) is 12.0. The highest BCUT2D eigenvalue weighted by molar-refractivity contribution is 6.05. The molecule has 0 bridgehead atoms. The number of carbonyl (C=O) groups excluding carboxylic acids is 3. The molecule has 0 aliphatic carbocycles. The number of carbonyl (C=O) groups is 3. The quantitative estimate of drug-likeness (QED) is 0.276. The number of aromatic nitrogens is 4. The van der Waals surface area contributed by atoms with Crippen LogP contribution in [-0.4, -0.2) is 61.6 Å². The molecule has 1 unspecified atom stereocenters. The number of benzene rings is 1. The lowest BCUT2D eigenvalue weighted by Gasteiger charge is -2.29. The monoisotopic (exact) mass is 517 g/mol. The van der Waals surface area contributed by atoms with Crippen LogP contribution < -0.4 is 15.4 Å². The van der Waals surface area contributed by atoms with Gasteiger partial charge in [-0.2, -0.15) is 5.10 Å². The van der Waals surface area contributed by atoms with Crippen LogP contribution in [0.2, 0.25) is 0 Å². The molecule has 0 saturated carbocycles. The third-order valence-electron chi connectivity index (χ3n) is 6.76. The fourth-order valence-electron chi connectivity index (χ4n) is 4.76. The molecule has 0 radical (unpaired) electrons. The van der Waals surface area contributed by atoms with E-state index in [1.165, 1.54) is 0 Å². The minimum atomic E-state index is -0.603. The predicted octanol–water partition coefficient (Wildman–Crippen LogP) is 2.15. The first kappa shape index (κ1) is 25.5. The highest BCUT2D eigenvalue weighted by atomic mass is 16.5. The van der Waals surface area contributed by atoms with Crippen LogP contribution >= 0.6 is 0 Å². The molecule has 3 amide bonds. The lowest BCUT2D eigenvalue weighted by molar-refractivity contribution is -0.136. The van der Waals surface area contributed by atoms with Crippen LogP contribution in [0.25, 0.3) is 5.82 Å². The third-order valence-corrected chi connectivity index (χ3v) is 6.76. The van der Waals surface area contributed by atoms with Crippen LogP contribution in [-0.2, 0) is 22.7 Å². The molecule has 38 heavy (non-hydrogen) atoms. The van der Waals surface area contributed by atoms with E-state index >= 15 is 0 Å². The van der Waals surface area contributed by atoms with Gasteiger partial charge in [-0.15, -0.1) is 0 Å². The summed E-state index contributed by atoms with van der Waals surface area (Å²) in [6.07, 6.45) is 13.6. The van der Waals surface area contributed by atoms with Gasteiger partial charge in [-0.05, 0) is 49.6 Å². The molecule has 2 aromatic heterocycles. The van der Waals surface area contributed by atoms with Gasteiger partial charge in [0.05, 0.1) is 19.0 Å². The third kappa shape index (κ3) is 6.05. The first-order valence-corrected chi connectivity index (χ1v) is 13.0. The summed E-state index contributed by atoms with van der Waals surface area (Å²) >= 11 is 0. The number of nitrogens with zero attached hydrogens (tertiary/aromatic N) is 5. The van der Waals surface area contributed by atoms with Crippen molar-refractivity contribution in [3.8, 4) is 11.6 Å². The molecule has 1 atom stereocenters. The van der Waals surface area contributed by atoms with Crippen LogP contribution in [0.5, 0.6) is 5.75 Å². The summed E-state index contributed by atoms with van der Waals surface area (Å²) in [5.74, 6) is 0.567. The van der Waals surface area contributed by atoms with E-state index in [-0.39, 0.29) is 18.2 Å². The standard InChI is InChI=1S/C27H31N7O4/c35-25-8-7-23(26(36)32-25)33-18-20-13-21(5-6-22(20)27(33)37)38-12-4-2-1-3-9-28-14-19-15-31-34(17-19)24-16-29-10-11-30-24/h5-6,10-11,13,15-17,23,28H,1-4,7-9,12,14,18H2,(H,32,35,36). The zero-order valence-corrected chi connectivity index (χ0v) is 21.1. The maximum atomic E-state index is 12.8. The van der Waals surface area contributed by atoms with Crippen LogP contribution in [0, 0.1) is 0 Å². The molecular weight excluding hydrogens is 486 g/mol. The van der Waals surface area contributed by atoms with Crippen molar-refractivity contribution < 1.29 is 19.1 Å². The smallest absolute Gasteiger partial charge is 0.255 e. The number of rotatable bonds is 12. The Bertz CT molecular complexity index is 1290. The highest BCUT2D eigenvalue weighted by Gasteiger charge is 2.39. The number of ether oxygens (including phenoxy) is 1. The SMILES string of the molecule is O=C1CCC(N2Cc3cc(OCCCCCCNCc4cnn(-c5cnccn5)c4)ccc3C2=O)C(=O)N1. The number of hydrogen-bond donors (Lipinski definition) is 2. The minimum Gasteiger partial charge on any atom is -0.494 e. The molecule has 2 N–H and O–H groups in total. The van der Waals surface area contributed by atoms with Crippen LogP contribution in [0.15, 0.2) is 49.2 Å². The Labute approximate surface area is 220 Å². The minimum absolute atomic E-state index is 0.172. The van der Waals surface area contributed by atoms with Gasteiger partial charge in [0.1, 0.15) is 11.8 Å². The predicted molar refractivity (Wildman–Crippen MR) is 137 cm³/mol. The average Bonchev–Trinajstić information content (AvgIpc) is 3.53. The first-order valence-electron chi connectivity index (χ1n) is 13.0. The van der Waals surface area contributed by atoms with Gasteiger partial charge in [-0.3, -0.25) is 24.7 Å². The number of imide groups is 1. The lowest BCUT2D eigenvalue weighted by Crippen LogP contribution is -2.52. The summed E-state index contributed by atoms with van der Waals surface area (Å²) in [7, 11) is 0. The molecule has 4 heterocycles. The van der Waals surface area contributed by atoms with Crippen molar-refractivity contribution in [2.24, 2.45) is 0 Å². The van der Waals surface area contributed by atoms with E-state index in [9.17, 15) is 14.4 Å². The van der Waals surface area contributed by atoms with E-state index in [0.29, 0.717) is 31.0 Å². The summed E-state index contributed by atoms with van der Waals surface area (Å²) in [5.41, 5.74) is 2.54. The summed E-state index contributed by atoms with van der Waals surface area (Å²) in [5, 5.41) is 10.1. The first-order chi connectivity index (χ1) is 18.6. The zero-order chi connectivity index (χ0) is 26.3. The summed E-state index contributed by atoms with van der Waals surface area (Å²) in [4.78, 5) is 46.3. The number of nitrogens with one attached hydrogen (secondary N) is 2. The van der Waals surface area contributed by atoms with Crippen molar-refractivity contribution in [2.75, 3.05) is 13.2 Å². The van der Waals surface area contributed by atoms with Crippen LogP contribution in [0.1, 0.15) is 60.0 Å². The normalized spacial score (nSPS) is 17.0. The van der Waals surface area contributed by atoms with Gasteiger partial charge >= 0.3 is 0 Å². The molecule has 198 valence electrons. The van der Waals surface area contributed by atoms with E-state index in [0.717, 1.165) is 55.6 Å². The zero-order valence-electron chi connectivity index (χ0n) is 21.1. The van der Waals surface area contributed by atoms with Crippen molar-refractivity contribution in [3.05, 3.63) is 65.9 Å². The van der Waals surface area contributed by atoms with Crippen LogP contribution in [0.4, 0.5) is 0 Å². The van der Waals surface area contributed by atoms with Crippen LogP contribution in [0.3, 0.4) is 0 Å². The van der Waals surface area contributed by atoms with E-state index in [4.69, 9.17) is 4.74 Å². The number of piperidine rings is 1. The second-order valence-electron chi connectivity index (χ2n) is 9.52. The number of fused-ring (bicyclic) bond motifs is 1. The Morgan fingerprint density at radius 3 is 2.82 bits per heavy atom. The Hall–Kier alpha value is -4.12. The maximum absolute atomic E-state index is 12.8. The number of amides is 3. The molecule has 1 fully saturated rings. The number of unbranched alkanes of at least 4 members (excludes halogenated alkanes) is 3. The molecule has 3 aromatic rings. The largest absolute Gasteiger partial charge is 0.494 e. The summed E-state index contributed by atoms with van der Waals surface area (Å²) in [6.45, 7) is 2.65. The molecule has 2 aliphatic rings. The van der Waals surface area contributed by atoms with Crippen molar-refractivity contribution in [3.63, 3.8) is 0 Å².